The highest BCUT2D eigenvalue weighted by Crippen LogP contribution is 2.22. The van der Waals surface area contributed by atoms with Gasteiger partial charge >= 0.3 is 0 Å². The summed E-state index contributed by atoms with van der Waals surface area (Å²) < 4.78 is 10.5. The molecule has 5 nitrogen and oxygen atoms in total. The molecule has 0 bridgehead atoms. The van der Waals surface area contributed by atoms with Gasteiger partial charge in [0.2, 0.25) is 5.88 Å². The van der Waals surface area contributed by atoms with Gasteiger partial charge in [-0.05, 0) is 12.5 Å². The van der Waals surface area contributed by atoms with E-state index < -0.39 is 0 Å². The van der Waals surface area contributed by atoms with Crippen molar-refractivity contribution in [1.29, 1.82) is 0 Å². The predicted octanol–water partition coefficient (Wildman–Crippen LogP) is 1.09. The van der Waals surface area contributed by atoms with E-state index in [0.717, 1.165) is 18.7 Å². The van der Waals surface area contributed by atoms with Crippen molar-refractivity contribution in [3.05, 3.63) is 23.9 Å². The number of rotatable bonds is 5. The van der Waals surface area contributed by atoms with E-state index in [0.29, 0.717) is 12.4 Å². The number of hydrogen-bond acceptors (Lipinski definition) is 5. The first-order chi connectivity index (χ1) is 8.76. The van der Waals surface area contributed by atoms with Crippen LogP contribution < -0.4 is 4.74 Å². The number of aliphatic hydroxyl groups excluding tert-OH is 1. The highest BCUT2D eigenvalue weighted by atomic mass is 35.5. The summed E-state index contributed by atoms with van der Waals surface area (Å²) in [4.78, 5) is 6.59. The SMILES string of the molecule is COc1cccc(CN2C[C@@H](OC)C[C@H]2CO)n1.Cl. The molecule has 0 saturated carbocycles. The lowest BCUT2D eigenvalue weighted by Crippen LogP contribution is -2.32. The number of halogens is 1. The number of methoxy groups -OCH3 is 2. The second kappa shape index (κ2) is 7.65. The average molecular weight is 289 g/mol. The molecule has 0 amide bonds. The fourth-order valence-electron chi connectivity index (χ4n) is 2.36. The molecule has 1 N–H and O–H groups in total. The molecule has 108 valence electrons. The van der Waals surface area contributed by atoms with Crippen molar-refractivity contribution in [3.8, 4) is 5.88 Å². The number of pyridine rings is 1. The Morgan fingerprint density at radius 1 is 1.42 bits per heavy atom. The molecule has 1 saturated heterocycles. The fraction of sp³-hybridized carbons (Fsp3) is 0.615. The summed E-state index contributed by atoms with van der Waals surface area (Å²) in [6, 6.07) is 5.88. The minimum absolute atomic E-state index is 0. The minimum Gasteiger partial charge on any atom is -0.481 e. The van der Waals surface area contributed by atoms with E-state index in [1.165, 1.54) is 0 Å². The summed E-state index contributed by atoms with van der Waals surface area (Å²) >= 11 is 0. The molecule has 0 aliphatic carbocycles. The van der Waals surface area contributed by atoms with Gasteiger partial charge in [0, 0.05) is 32.3 Å². The third-order valence-electron chi connectivity index (χ3n) is 3.39. The topological polar surface area (TPSA) is 54.8 Å². The van der Waals surface area contributed by atoms with Crippen LogP contribution >= 0.6 is 12.4 Å². The second-order valence-corrected chi connectivity index (χ2v) is 4.53. The summed E-state index contributed by atoms with van der Waals surface area (Å²) in [6.45, 7) is 1.70. The van der Waals surface area contributed by atoms with Crippen LogP contribution in [0, 0.1) is 0 Å². The van der Waals surface area contributed by atoms with Gasteiger partial charge in [-0.3, -0.25) is 4.90 Å². The van der Waals surface area contributed by atoms with Crippen molar-refractivity contribution in [2.45, 2.75) is 25.1 Å². The molecule has 1 aliphatic rings. The van der Waals surface area contributed by atoms with E-state index in [2.05, 4.69) is 9.88 Å². The Hall–Kier alpha value is -0.880. The normalized spacial score (nSPS) is 23.1. The first-order valence-corrected chi connectivity index (χ1v) is 6.14. The van der Waals surface area contributed by atoms with E-state index in [1.54, 1.807) is 14.2 Å². The van der Waals surface area contributed by atoms with Gasteiger partial charge in [-0.1, -0.05) is 6.07 Å². The van der Waals surface area contributed by atoms with E-state index in [1.807, 2.05) is 18.2 Å². The molecule has 2 rings (SSSR count). The van der Waals surface area contributed by atoms with Crippen LogP contribution in [0.5, 0.6) is 5.88 Å². The van der Waals surface area contributed by atoms with Crippen LogP contribution in [0.25, 0.3) is 0 Å². The molecule has 0 radical (unpaired) electrons. The molecule has 1 aromatic rings. The zero-order valence-electron chi connectivity index (χ0n) is 11.3. The van der Waals surface area contributed by atoms with Crippen molar-refractivity contribution in [3.63, 3.8) is 0 Å². The first kappa shape index (κ1) is 16.2. The lowest BCUT2D eigenvalue weighted by atomic mass is 10.2. The summed E-state index contributed by atoms with van der Waals surface area (Å²) in [6.07, 6.45) is 1.07. The van der Waals surface area contributed by atoms with Crippen LogP contribution in [-0.2, 0) is 11.3 Å². The highest BCUT2D eigenvalue weighted by Gasteiger charge is 2.31. The zero-order chi connectivity index (χ0) is 13.0. The van der Waals surface area contributed by atoms with E-state index in [4.69, 9.17) is 9.47 Å². The second-order valence-electron chi connectivity index (χ2n) is 4.53. The third-order valence-corrected chi connectivity index (χ3v) is 3.39. The minimum atomic E-state index is 0. The molecule has 0 unspecified atom stereocenters. The molecule has 2 heterocycles. The maximum Gasteiger partial charge on any atom is 0.213 e. The molecular formula is C13H21ClN2O3. The van der Waals surface area contributed by atoms with Crippen LogP contribution in [0.15, 0.2) is 18.2 Å². The Bertz CT molecular complexity index is 392. The van der Waals surface area contributed by atoms with Crippen LogP contribution in [0.1, 0.15) is 12.1 Å². The Morgan fingerprint density at radius 3 is 2.84 bits per heavy atom. The van der Waals surface area contributed by atoms with Gasteiger partial charge < -0.3 is 14.6 Å². The van der Waals surface area contributed by atoms with Crippen molar-refractivity contribution in [1.82, 2.24) is 9.88 Å². The number of hydrogen-bond donors (Lipinski definition) is 1. The molecule has 19 heavy (non-hydrogen) atoms. The smallest absolute Gasteiger partial charge is 0.213 e. The molecule has 1 aliphatic heterocycles. The Balaban J connectivity index is 0.00000180. The van der Waals surface area contributed by atoms with Crippen LogP contribution in [-0.4, -0.2) is 54.5 Å². The summed E-state index contributed by atoms with van der Waals surface area (Å²) in [5, 5.41) is 9.39. The quantitative estimate of drug-likeness (QED) is 0.879. The molecule has 6 heteroatoms. The summed E-state index contributed by atoms with van der Waals surface area (Å²) in [5.41, 5.74) is 0.949. The van der Waals surface area contributed by atoms with Crippen LogP contribution in [0.2, 0.25) is 0 Å². The molecular weight excluding hydrogens is 268 g/mol. The molecule has 0 aromatic carbocycles. The number of likely N-dealkylation sites (tertiary alicyclic amines) is 1. The zero-order valence-corrected chi connectivity index (χ0v) is 12.1. The Labute approximate surface area is 119 Å². The summed E-state index contributed by atoms with van der Waals surface area (Å²) in [7, 11) is 3.33. The van der Waals surface area contributed by atoms with Crippen LogP contribution in [0.4, 0.5) is 0 Å². The van der Waals surface area contributed by atoms with Gasteiger partial charge in [-0.25, -0.2) is 4.98 Å². The molecule has 2 atom stereocenters. The number of nitrogens with zero attached hydrogens (tertiary/aromatic N) is 2. The van der Waals surface area contributed by atoms with Crippen molar-refractivity contribution >= 4 is 12.4 Å². The largest absolute Gasteiger partial charge is 0.481 e. The number of ether oxygens (including phenoxy) is 2. The van der Waals surface area contributed by atoms with Crippen molar-refractivity contribution < 1.29 is 14.6 Å². The van der Waals surface area contributed by atoms with E-state index in [-0.39, 0.29) is 31.2 Å². The van der Waals surface area contributed by atoms with Gasteiger partial charge in [-0.2, -0.15) is 0 Å². The molecule has 1 fully saturated rings. The van der Waals surface area contributed by atoms with Gasteiger partial charge in [0.15, 0.2) is 0 Å². The highest BCUT2D eigenvalue weighted by molar-refractivity contribution is 5.85. The monoisotopic (exact) mass is 288 g/mol. The first-order valence-electron chi connectivity index (χ1n) is 6.14. The van der Waals surface area contributed by atoms with Gasteiger partial charge in [-0.15, -0.1) is 12.4 Å². The Kier molecular flexibility index (Phi) is 6.51. The third kappa shape index (κ3) is 4.04. The van der Waals surface area contributed by atoms with Gasteiger partial charge in [0.05, 0.1) is 25.5 Å². The standard InChI is InChI=1S/C13H20N2O3.ClH/c1-17-12-6-11(9-16)15(8-12)7-10-4-3-5-13(14-10)18-2;/h3-5,11-12,16H,6-9H2,1-2H3;1H/t11-,12-;/m0./s1. The van der Waals surface area contributed by atoms with Gasteiger partial charge in [0.25, 0.3) is 0 Å². The summed E-state index contributed by atoms with van der Waals surface area (Å²) in [5.74, 6) is 0.621. The molecule has 1 aromatic heterocycles. The lowest BCUT2D eigenvalue weighted by molar-refractivity contribution is 0.107. The van der Waals surface area contributed by atoms with Crippen molar-refractivity contribution in [2.24, 2.45) is 0 Å². The van der Waals surface area contributed by atoms with Crippen molar-refractivity contribution in [2.75, 3.05) is 27.4 Å². The number of aromatic nitrogens is 1. The fourth-order valence-corrected chi connectivity index (χ4v) is 2.36. The molecule has 0 spiro atoms. The van der Waals surface area contributed by atoms with E-state index in [9.17, 15) is 5.11 Å². The maximum atomic E-state index is 9.39. The lowest BCUT2D eigenvalue weighted by Gasteiger charge is -2.21. The van der Waals surface area contributed by atoms with E-state index >= 15 is 0 Å². The predicted molar refractivity (Wildman–Crippen MR) is 74.7 cm³/mol. The number of aliphatic hydroxyl groups is 1. The van der Waals surface area contributed by atoms with Gasteiger partial charge in [0.1, 0.15) is 0 Å². The average Bonchev–Trinajstić information content (AvgIpc) is 2.81. The Morgan fingerprint density at radius 2 is 2.21 bits per heavy atom. The van der Waals surface area contributed by atoms with Crippen LogP contribution in [0.3, 0.4) is 0 Å². The maximum absolute atomic E-state index is 9.39.